The van der Waals surface area contributed by atoms with Gasteiger partial charge in [-0.2, -0.15) is 4.98 Å². The number of primary amides is 1. The molecule has 0 bridgehead atoms. The molecule has 170 valence electrons. The lowest BCUT2D eigenvalue weighted by atomic mass is 10.2. The summed E-state index contributed by atoms with van der Waals surface area (Å²) >= 11 is 6.04. The van der Waals surface area contributed by atoms with E-state index in [-0.39, 0.29) is 17.5 Å². The topological polar surface area (TPSA) is 125 Å². The van der Waals surface area contributed by atoms with Gasteiger partial charge in [-0.05, 0) is 48.7 Å². The second-order valence-electron chi connectivity index (χ2n) is 7.63. The quantitative estimate of drug-likeness (QED) is 0.414. The molecular weight excluding hydrogens is 442 g/mol. The van der Waals surface area contributed by atoms with E-state index in [2.05, 4.69) is 25.9 Å². The maximum atomic E-state index is 12.3. The lowest BCUT2D eigenvalue weighted by Crippen LogP contribution is -2.32. The number of nitrogens with zero attached hydrogens (tertiary/aromatic N) is 3. The number of carbonyl (C=O) groups excluding carboxylic acids is 2. The van der Waals surface area contributed by atoms with Gasteiger partial charge in [-0.1, -0.05) is 29.8 Å². The molecule has 0 unspecified atom stereocenters. The molecule has 4 rings (SSSR count). The second-order valence-corrected chi connectivity index (χ2v) is 8.07. The van der Waals surface area contributed by atoms with Crippen LogP contribution in [0, 0.1) is 0 Å². The number of amides is 3. The van der Waals surface area contributed by atoms with Crippen molar-refractivity contribution in [2.24, 2.45) is 5.73 Å². The fourth-order valence-electron chi connectivity index (χ4n) is 3.52. The molecule has 33 heavy (non-hydrogen) atoms. The molecule has 9 nitrogen and oxygen atoms in total. The Kier molecular flexibility index (Phi) is 6.89. The van der Waals surface area contributed by atoms with Gasteiger partial charge in [-0.15, -0.1) is 0 Å². The summed E-state index contributed by atoms with van der Waals surface area (Å²) in [6.45, 7) is 1.94. The first-order valence-corrected chi connectivity index (χ1v) is 10.9. The fraction of sp³-hybridized carbons (Fsp3) is 0.217. The molecule has 1 fully saturated rings. The summed E-state index contributed by atoms with van der Waals surface area (Å²) in [5.41, 5.74) is 7.92. The highest BCUT2D eigenvalue weighted by atomic mass is 35.5. The number of hydrogen-bond acceptors (Lipinski definition) is 6. The van der Waals surface area contributed by atoms with E-state index in [9.17, 15) is 9.59 Å². The van der Waals surface area contributed by atoms with Crippen molar-refractivity contribution >= 4 is 46.7 Å². The van der Waals surface area contributed by atoms with Crippen molar-refractivity contribution in [3.63, 3.8) is 0 Å². The van der Waals surface area contributed by atoms with Gasteiger partial charge in [0, 0.05) is 42.2 Å². The third-order valence-corrected chi connectivity index (χ3v) is 5.40. The maximum Gasteiger partial charge on any atom is 0.321 e. The van der Waals surface area contributed by atoms with Crippen LogP contribution in [-0.4, -0.2) is 39.9 Å². The number of urea groups is 1. The molecule has 1 saturated heterocycles. The predicted octanol–water partition coefficient (Wildman–Crippen LogP) is 4.21. The molecule has 10 heteroatoms. The monoisotopic (exact) mass is 465 g/mol. The Bertz CT molecular complexity index is 1170. The first-order valence-electron chi connectivity index (χ1n) is 10.6. The largest absolute Gasteiger partial charge is 0.365 e. The van der Waals surface area contributed by atoms with Crippen LogP contribution >= 0.6 is 11.6 Å². The van der Waals surface area contributed by atoms with Gasteiger partial charge < -0.3 is 26.6 Å². The molecule has 1 aromatic heterocycles. The molecule has 0 radical (unpaired) electrons. The summed E-state index contributed by atoms with van der Waals surface area (Å²) in [4.78, 5) is 34.6. The fourth-order valence-corrected chi connectivity index (χ4v) is 3.73. The number of aromatic nitrogens is 2. The number of benzene rings is 2. The van der Waals surface area contributed by atoms with Gasteiger partial charge in [0.2, 0.25) is 5.95 Å². The van der Waals surface area contributed by atoms with Crippen LogP contribution in [0.4, 0.5) is 27.9 Å². The van der Waals surface area contributed by atoms with E-state index in [0.717, 1.165) is 31.5 Å². The lowest BCUT2D eigenvalue weighted by molar-refractivity contribution is 0.100. The predicted molar refractivity (Wildman–Crippen MR) is 129 cm³/mol. The smallest absolute Gasteiger partial charge is 0.321 e. The number of anilines is 4. The Hall–Kier alpha value is -3.85. The second kappa shape index (κ2) is 10.2. The standard InChI is InChI=1S/C23H24ClN7O2/c24-16-6-3-5-15(11-16)13-26-21-19(20(25)32)14-27-22(30-21)28-17-7-4-8-18(12-17)29-23(33)31-9-1-2-10-31/h3-8,11-12,14H,1-2,9-10,13H2,(H2,25,32)(H,29,33)(H2,26,27,28,30). The normalized spacial score (nSPS) is 12.9. The average Bonchev–Trinajstić information content (AvgIpc) is 3.33. The van der Waals surface area contributed by atoms with E-state index in [1.54, 1.807) is 17.0 Å². The van der Waals surface area contributed by atoms with Gasteiger partial charge in [0.15, 0.2) is 0 Å². The molecule has 1 aliphatic heterocycles. The maximum absolute atomic E-state index is 12.3. The van der Waals surface area contributed by atoms with E-state index in [1.807, 2.05) is 36.4 Å². The first-order chi connectivity index (χ1) is 16.0. The van der Waals surface area contributed by atoms with Crippen molar-refractivity contribution in [1.82, 2.24) is 14.9 Å². The average molecular weight is 466 g/mol. The first kappa shape index (κ1) is 22.3. The summed E-state index contributed by atoms with van der Waals surface area (Å²) in [6, 6.07) is 14.5. The summed E-state index contributed by atoms with van der Waals surface area (Å²) in [5.74, 6) is -0.0585. The molecule has 0 atom stereocenters. The number of hydrogen-bond donors (Lipinski definition) is 4. The molecule has 0 spiro atoms. The summed E-state index contributed by atoms with van der Waals surface area (Å²) in [7, 11) is 0. The van der Waals surface area contributed by atoms with Crippen LogP contribution in [-0.2, 0) is 6.54 Å². The molecule has 0 aliphatic carbocycles. The molecule has 2 heterocycles. The van der Waals surface area contributed by atoms with Gasteiger partial charge in [0.05, 0.1) is 5.56 Å². The molecule has 1 aliphatic rings. The number of rotatable bonds is 7. The zero-order chi connectivity index (χ0) is 23.2. The number of nitrogens with one attached hydrogen (secondary N) is 3. The third kappa shape index (κ3) is 5.89. The highest BCUT2D eigenvalue weighted by Gasteiger charge is 2.18. The molecule has 3 aromatic rings. The highest BCUT2D eigenvalue weighted by molar-refractivity contribution is 6.30. The highest BCUT2D eigenvalue weighted by Crippen LogP contribution is 2.22. The number of halogens is 1. The van der Waals surface area contributed by atoms with Crippen LogP contribution in [0.3, 0.4) is 0 Å². The Morgan fingerprint density at radius 1 is 1.06 bits per heavy atom. The van der Waals surface area contributed by atoms with Crippen molar-refractivity contribution in [1.29, 1.82) is 0 Å². The molecular formula is C23H24ClN7O2. The summed E-state index contributed by atoms with van der Waals surface area (Å²) < 4.78 is 0. The van der Waals surface area contributed by atoms with E-state index < -0.39 is 5.91 Å². The Morgan fingerprint density at radius 2 is 1.82 bits per heavy atom. The minimum Gasteiger partial charge on any atom is -0.365 e. The molecule has 3 amide bonds. The summed E-state index contributed by atoms with van der Waals surface area (Å²) in [5, 5.41) is 9.75. The van der Waals surface area contributed by atoms with Crippen molar-refractivity contribution in [3.8, 4) is 0 Å². The van der Waals surface area contributed by atoms with Crippen LogP contribution in [0.1, 0.15) is 28.8 Å². The number of nitrogens with two attached hydrogens (primary N) is 1. The third-order valence-electron chi connectivity index (χ3n) is 5.17. The van der Waals surface area contributed by atoms with Crippen molar-refractivity contribution in [2.75, 3.05) is 29.0 Å². The van der Waals surface area contributed by atoms with E-state index >= 15 is 0 Å². The van der Waals surface area contributed by atoms with Gasteiger partial charge >= 0.3 is 6.03 Å². The van der Waals surface area contributed by atoms with Gasteiger partial charge in [-0.3, -0.25) is 4.79 Å². The Balaban J connectivity index is 1.48. The van der Waals surface area contributed by atoms with E-state index in [0.29, 0.717) is 28.8 Å². The zero-order valence-electron chi connectivity index (χ0n) is 17.8. The summed E-state index contributed by atoms with van der Waals surface area (Å²) in [6.07, 6.45) is 3.43. The van der Waals surface area contributed by atoms with Crippen LogP contribution in [0.25, 0.3) is 0 Å². The molecule has 5 N–H and O–H groups in total. The minimum atomic E-state index is -0.637. The molecule has 0 saturated carbocycles. The van der Waals surface area contributed by atoms with Gasteiger partial charge in [0.1, 0.15) is 5.82 Å². The minimum absolute atomic E-state index is 0.112. The number of carbonyl (C=O) groups is 2. The van der Waals surface area contributed by atoms with Gasteiger partial charge in [-0.25, -0.2) is 9.78 Å². The van der Waals surface area contributed by atoms with Crippen LogP contribution < -0.4 is 21.7 Å². The van der Waals surface area contributed by atoms with Crippen LogP contribution in [0.15, 0.2) is 54.7 Å². The van der Waals surface area contributed by atoms with Crippen molar-refractivity contribution in [3.05, 3.63) is 70.9 Å². The van der Waals surface area contributed by atoms with E-state index in [1.165, 1.54) is 6.20 Å². The Labute approximate surface area is 196 Å². The van der Waals surface area contributed by atoms with Crippen molar-refractivity contribution in [2.45, 2.75) is 19.4 Å². The van der Waals surface area contributed by atoms with Gasteiger partial charge in [0.25, 0.3) is 5.91 Å². The lowest BCUT2D eigenvalue weighted by Gasteiger charge is -2.16. The van der Waals surface area contributed by atoms with Crippen LogP contribution in [0.2, 0.25) is 5.02 Å². The van der Waals surface area contributed by atoms with Crippen LogP contribution in [0.5, 0.6) is 0 Å². The Morgan fingerprint density at radius 3 is 2.58 bits per heavy atom. The zero-order valence-corrected chi connectivity index (χ0v) is 18.6. The molecule has 2 aromatic carbocycles. The van der Waals surface area contributed by atoms with E-state index in [4.69, 9.17) is 17.3 Å². The van der Waals surface area contributed by atoms with Crippen molar-refractivity contribution < 1.29 is 9.59 Å². The number of likely N-dealkylation sites (tertiary alicyclic amines) is 1. The SMILES string of the molecule is NC(=O)c1cnc(Nc2cccc(NC(=O)N3CCCC3)c2)nc1NCc1cccc(Cl)c1.